The summed E-state index contributed by atoms with van der Waals surface area (Å²) < 4.78 is 0. The average molecular weight is 322 g/mol. The van der Waals surface area contributed by atoms with Gasteiger partial charge >= 0.3 is 0 Å². The van der Waals surface area contributed by atoms with E-state index in [4.69, 9.17) is 0 Å². The van der Waals surface area contributed by atoms with Gasteiger partial charge in [0.25, 0.3) is 0 Å². The lowest BCUT2D eigenvalue weighted by molar-refractivity contribution is -0.262. The minimum absolute atomic E-state index is 0.207. The number of fused-ring (bicyclic) bond motifs is 5. The summed E-state index contributed by atoms with van der Waals surface area (Å²) in [5.74, 6) is 1.44. The van der Waals surface area contributed by atoms with E-state index >= 15 is 0 Å². The summed E-state index contributed by atoms with van der Waals surface area (Å²) in [5, 5.41) is 32.2. The number of carbonyl (C=O) groups is 1. The zero-order valence-electron chi connectivity index (χ0n) is 14.3. The monoisotopic (exact) mass is 322 g/mol. The van der Waals surface area contributed by atoms with E-state index in [1.165, 1.54) is 0 Å². The molecule has 4 rings (SSSR count). The third-order valence-electron chi connectivity index (χ3n) is 8.54. The molecule has 4 saturated carbocycles. The Kier molecular flexibility index (Phi) is 3.35. The van der Waals surface area contributed by atoms with Crippen molar-refractivity contribution in [3.63, 3.8) is 0 Å². The van der Waals surface area contributed by atoms with Crippen molar-refractivity contribution in [2.24, 2.45) is 28.6 Å². The number of aliphatic hydroxyl groups excluding tert-OH is 2. The van der Waals surface area contributed by atoms with Gasteiger partial charge < -0.3 is 15.3 Å². The second kappa shape index (κ2) is 4.80. The Labute approximate surface area is 138 Å². The summed E-state index contributed by atoms with van der Waals surface area (Å²) in [5.41, 5.74) is -1.73. The van der Waals surface area contributed by atoms with Crippen molar-refractivity contribution in [3.05, 3.63) is 0 Å². The second-order valence-electron chi connectivity index (χ2n) is 9.28. The average Bonchev–Trinajstić information content (AvgIpc) is 2.79. The van der Waals surface area contributed by atoms with Crippen LogP contribution in [-0.2, 0) is 4.79 Å². The van der Waals surface area contributed by atoms with E-state index in [1.54, 1.807) is 0 Å². The van der Waals surface area contributed by atoms with Gasteiger partial charge in [-0.05, 0) is 56.3 Å². The first kappa shape index (κ1) is 16.0. The Morgan fingerprint density at radius 1 is 1.04 bits per heavy atom. The Bertz CT molecular complexity index is 533. The van der Waals surface area contributed by atoms with Gasteiger partial charge in [0.15, 0.2) is 0 Å². The van der Waals surface area contributed by atoms with E-state index in [0.717, 1.165) is 25.7 Å². The smallest absolute Gasteiger partial charge is 0.139 e. The molecule has 0 spiro atoms. The molecule has 3 unspecified atom stereocenters. The molecule has 4 heteroatoms. The fraction of sp³-hybridized carbons (Fsp3) is 0.947. The number of hydrogen-bond donors (Lipinski definition) is 3. The van der Waals surface area contributed by atoms with Crippen LogP contribution < -0.4 is 0 Å². The fourth-order valence-electron chi connectivity index (χ4n) is 7.03. The molecule has 23 heavy (non-hydrogen) atoms. The van der Waals surface area contributed by atoms with Crippen LogP contribution in [0.25, 0.3) is 0 Å². The lowest BCUT2D eigenvalue weighted by Gasteiger charge is -2.64. The van der Waals surface area contributed by atoms with Crippen LogP contribution in [0.5, 0.6) is 0 Å². The lowest BCUT2D eigenvalue weighted by Crippen LogP contribution is -2.68. The topological polar surface area (TPSA) is 77.8 Å². The number of aliphatic hydroxyl groups is 3. The van der Waals surface area contributed by atoms with Crippen LogP contribution in [0.15, 0.2) is 0 Å². The van der Waals surface area contributed by atoms with Crippen molar-refractivity contribution in [1.29, 1.82) is 0 Å². The molecule has 0 saturated heterocycles. The van der Waals surface area contributed by atoms with Gasteiger partial charge in [-0.25, -0.2) is 0 Å². The fourth-order valence-corrected chi connectivity index (χ4v) is 7.03. The normalized spacial score (nSPS) is 59.2. The number of ketones is 1. The van der Waals surface area contributed by atoms with Gasteiger partial charge in [-0.15, -0.1) is 0 Å². The molecule has 4 nitrogen and oxygen atoms in total. The third-order valence-corrected chi connectivity index (χ3v) is 8.54. The molecule has 0 aromatic rings. The van der Waals surface area contributed by atoms with Crippen LogP contribution in [-0.4, -0.2) is 38.9 Å². The van der Waals surface area contributed by atoms with E-state index in [0.29, 0.717) is 42.8 Å². The second-order valence-corrected chi connectivity index (χ2v) is 9.28. The molecule has 4 aliphatic carbocycles. The first-order valence-corrected chi connectivity index (χ1v) is 9.34. The molecule has 0 amide bonds. The molecule has 0 radical (unpaired) electrons. The van der Waals surface area contributed by atoms with Crippen LogP contribution in [0, 0.1) is 28.6 Å². The highest BCUT2D eigenvalue weighted by molar-refractivity contribution is 5.87. The van der Waals surface area contributed by atoms with Crippen molar-refractivity contribution in [2.75, 3.05) is 0 Å². The molecule has 130 valence electrons. The van der Waals surface area contributed by atoms with Crippen molar-refractivity contribution in [1.82, 2.24) is 0 Å². The number of carbonyl (C=O) groups excluding carboxylic acids is 1. The summed E-state index contributed by atoms with van der Waals surface area (Å²) >= 11 is 0. The van der Waals surface area contributed by atoms with Gasteiger partial charge in [-0.3, -0.25) is 4.79 Å². The molecule has 8 atom stereocenters. The summed E-state index contributed by atoms with van der Waals surface area (Å²) in [6, 6.07) is 0. The Hall–Kier alpha value is -0.450. The van der Waals surface area contributed by atoms with E-state index < -0.39 is 17.8 Å². The quantitative estimate of drug-likeness (QED) is 0.638. The maximum atomic E-state index is 12.4. The number of rotatable bonds is 0. The van der Waals surface area contributed by atoms with E-state index in [9.17, 15) is 20.1 Å². The van der Waals surface area contributed by atoms with E-state index in [-0.39, 0.29) is 17.3 Å². The summed E-state index contributed by atoms with van der Waals surface area (Å²) in [6.07, 6.45) is 4.54. The molecule has 4 aliphatic rings. The largest absolute Gasteiger partial charge is 0.393 e. The first-order valence-electron chi connectivity index (χ1n) is 9.34. The molecule has 0 heterocycles. The zero-order valence-corrected chi connectivity index (χ0v) is 14.3. The zero-order chi connectivity index (χ0) is 16.6. The number of Topliss-reactive ketones (excluding diaryl/α,β-unsaturated/α-hetero) is 1. The molecule has 4 fully saturated rings. The van der Waals surface area contributed by atoms with Crippen LogP contribution in [0.1, 0.15) is 65.2 Å². The van der Waals surface area contributed by atoms with E-state index in [1.807, 2.05) is 0 Å². The van der Waals surface area contributed by atoms with Gasteiger partial charge in [-0.2, -0.15) is 0 Å². The van der Waals surface area contributed by atoms with Crippen LogP contribution in [0.4, 0.5) is 0 Å². The molecule has 3 N–H and O–H groups in total. The van der Waals surface area contributed by atoms with Crippen molar-refractivity contribution in [3.8, 4) is 0 Å². The highest BCUT2D eigenvalue weighted by atomic mass is 16.3. The lowest BCUT2D eigenvalue weighted by atomic mass is 9.43. The summed E-state index contributed by atoms with van der Waals surface area (Å²) in [7, 11) is 0. The van der Waals surface area contributed by atoms with Crippen LogP contribution in [0.2, 0.25) is 0 Å². The Morgan fingerprint density at radius 3 is 2.52 bits per heavy atom. The van der Waals surface area contributed by atoms with Gasteiger partial charge in [0.05, 0.1) is 17.8 Å². The SMILES string of the molecule is C[C@]12CC[C@@H]3[C@@H](CC(O)C4(O)CC(O)CC[C@]34C)[C@@H]1CCC2=O. The summed E-state index contributed by atoms with van der Waals surface area (Å²) in [4.78, 5) is 12.4. The van der Waals surface area contributed by atoms with Gasteiger partial charge in [-0.1, -0.05) is 13.8 Å². The van der Waals surface area contributed by atoms with E-state index in [2.05, 4.69) is 13.8 Å². The Balaban J connectivity index is 1.72. The van der Waals surface area contributed by atoms with Crippen molar-refractivity contribution < 1.29 is 20.1 Å². The molecular weight excluding hydrogens is 292 g/mol. The highest BCUT2D eigenvalue weighted by Gasteiger charge is 2.67. The first-order chi connectivity index (χ1) is 10.7. The third kappa shape index (κ3) is 1.86. The highest BCUT2D eigenvalue weighted by Crippen LogP contribution is 2.66. The van der Waals surface area contributed by atoms with Crippen molar-refractivity contribution >= 4 is 5.78 Å². The standard InChI is InChI=1S/C19H30O4/c1-17-7-6-14-12(13(17)3-4-15(17)21)9-16(22)19(23)10-11(20)5-8-18(14,19)2/h11-14,16,20,22-23H,3-10H2,1-2H3/t11?,12-,13-,14+,16?,17-,18+,19?/m0/s1. The Morgan fingerprint density at radius 2 is 1.78 bits per heavy atom. The predicted molar refractivity (Wildman–Crippen MR) is 85.6 cm³/mol. The molecule has 0 aromatic heterocycles. The molecule has 0 aromatic carbocycles. The minimum Gasteiger partial charge on any atom is -0.393 e. The molecule has 0 aliphatic heterocycles. The maximum Gasteiger partial charge on any atom is 0.139 e. The van der Waals surface area contributed by atoms with Crippen molar-refractivity contribution in [2.45, 2.75) is 83.0 Å². The predicted octanol–water partition coefficient (Wildman–Crippen LogP) is 2.04. The molecular formula is C19H30O4. The minimum atomic E-state index is -1.18. The number of hydrogen-bond acceptors (Lipinski definition) is 4. The van der Waals surface area contributed by atoms with Crippen LogP contribution >= 0.6 is 0 Å². The maximum absolute atomic E-state index is 12.4. The summed E-state index contributed by atoms with van der Waals surface area (Å²) in [6.45, 7) is 4.25. The molecule has 0 bridgehead atoms. The van der Waals surface area contributed by atoms with Gasteiger partial charge in [0.2, 0.25) is 0 Å². The van der Waals surface area contributed by atoms with Gasteiger partial charge in [0.1, 0.15) is 5.78 Å². The van der Waals surface area contributed by atoms with Gasteiger partial charge in [0, 0.05) is 23.7 Å². The van der Waals surface area contributed by atoms with Crippen LogP contribution in [0.3, 0.4) is 0 Å².